The normalized spacial score (nSPS) is 18.2. The van der Waals surface area contributed by atoms with Gasteiger partial charge in [-0.1, -0.05) is 19.1 Å². The molecular formula is C27H26N6O2. The third-order valence-electron chi connectivity index (χ3n) is 6.73. The van der Waals surface area contributed by atoms with Crippen LogP contribution in [-0.4, -0.2) is 45.3 Å². The monoisotopic (exact) mass is 466 g/mol. The van der Waals surface area contributed by atoms with Crippen molar-refractivity contribution in [1.29, 1.82) is 5.26 Å². The summed E-state index contributed by atoms with van der Waals surface area (Å²) in [5.74, 6) is 1.69. The summed E-state index contributed by atoms with van der Waals surface area (Å²) in [5, 5.41) is 15.1. The number of nitriles is 1. The van der Waals surface area contributed by atoms with Crippen molar-refractivity contribution in [3.63, 3.8) is 0 Å². The lowest BCUT2D eigenvalue weighted by Gasteiger charge is -2.27. The van der Waals surface area contributed by atoms with Gasteiger partial charge in [-0.15, -0.1) is 0 Å². The molecule has 1 fully saturated rings. The topological polar surface area (TPSA) is 111 Å². The van der Waals surface area contributed by atoms with E-state index in [9.17, 15) is 9.59 Å². The number of nitrogens with zero attached hydrogens (tertiary/aromatic N) is 4. The number of amides is 1. The first kappa shape index (κ1) is 22.7. The third-order valence-corrected chi connectivity index (χ3v) is 6.73. The van der Waals surface area contributed by atoms with Gasteiger partial charge >= 0.3 is 0 Å². The molecule has 0 spiro atoms. The first-order valence-corrected chi connectivity index (χ1v) is 11.9. The number of pyridine rings is 2. The summed E-state index contributed by atoms with van der Waals surface area (Å²) in [6, 6.07) is 7.85. The van der Waals surface area contributed by atoms with Crippen molar-refractivity contribution < 1.29 is 9.59 Å². The fourth-order valence-electron chi connectivity index (χ4n) is 4.41. The number of fused-ring (bicyclic) bond motifs is 1. The Hall–Kier alpha value is -4.05. The predicted octanol–water partition coefficient (Wildman–Crippen LogP) is 3.49. The fourth-order valence-corrected chi connectivity index (χ4v) is 4.41. The number of carbonyl (C=O) groups excluding carboxylic acids is 2. The van der Waals surface area contributed by atoms with Crippen LogP contribution in [0.15, 0.2) is 47.9 Å². The second-order valence-electron chi connectivity index (χ2n) is 9.20. The van der Waals surface area contributed by atoms with Gasteiger partial charge in [-0.3, -0.25) is 19.7 Å². The van der Waals surface area contributed by atoms with Crippen molar-refractivity contribution in [2.75, 3.05) is 18.4 Å². The van der Waals surface area contributed by atoms with Crippen LogP contribution < -0.4 is 10.6 Å². The molecule has 8 heteroatoms. The van der Waals surface area contributed by atoms with E-state index in [1.54, 1.807) is 12.3 Å². The van der Waals surface area contributed by atoms with Gasteiger partial charge < -0.3 is 10.6 Å². The highest BCUT2D eigenvalue weighted by Gasteiger charge is 2.44. The lowest BCUT2D eigenvalue weighted by Crippen LogP contribution is -2.36. The van der Waals surface area contributed by atoms with E-state index >= 15 is 0 Å². The number of aromatic nitrogens is 2. The lowest BCUT2D eigenvalue weighted by molar-refractivity contribution is 0.0936. The molecule has 0 atom stereocenters. The molecule has 176 valence electrons. The Bertz CT molecular complexity index is 1320. The highest BCUT2D eigenvalue weighted by molar-refractivity contribution is 5.93. The van der Waals surface area contributed by atoms with E-state index in [0.717, 1.165) is 60.6 Å². The molecule has 2 aromatic heterocycles. The van der Waals surface area contributed by atoms with Crippen molar-refractivity contribution in [2.24, 2.45) is 0 Å². The smallest absolute Gasteiger partial charge is 0.271 e. The highest BCUT2D eigenvalue weighted by Crippen LogP contribution is 2.34. The largest absolute Gasteiger partial charge is 0.344 e. The van der Waals surface area contributed by atoms with E-state index in [2.05, 4.69) is 37.6 Å². The summed E-state index contributed by atoms with van der Waals surface area (Å²) in [4.78, 5) is 34.9. The first-order chi connectivity index (χ1) is 17.0. The average Bonchev–Trinajstić information content (AvgIpc) is 3.68. The molecule has 1 amide bonds. The molecule has 35 heavy (non-hydrogen) atoms. The summed E-state index contributed by atoms with van der Waals surface area (Å²) >= 11 is 0. The summed E-state index contributed by atoms with van der Waals surface area (Å²) in [6.45, 7) is 4.45. The Morgan fingerprint density at radius 2 is 2.14 bits per heavy atom. The van der Waals surface area contributed by atoms with Gasteiger partial charge in [0.25, 0.3) is 5.91 Å². The van der Waals surface area contributed by atoms with Crippen LogP contribution in [0.1, 0.15) is 59.9 Å². The molecule has 4 heterocycles. The van der Waals surface area contributed by atoms with Crippen molar-refractivity contribution >= 4 is 29.2 Å². The quantitative estimate of drug-likeness (QED) is 0.627. The number of hydrogen-bond acceptors (Lipinski definition) is 7. The fraction of sp³-hybridized carbons (Fsp3) is 0.333. The van der Waals surface area contributed by atoms with E-state index in [0.29, 0.717) is 24.2 Å². The lowest BCUT2D eigenvalue weighted by atomic mass is 10.00. The molecule has 2 aliphatic heterocycles. The highest BCUT2D eigenvalue weighted by atomic mass is 16.2. The Balaban J connectivity index is 1.21. The summed E-state index contributed by atoms with van der Waals surface area (Å²) in [5.41, 5.74) is 6.01. The van der Waals surface area contributed by atoms with Gasteiger partial charge in [-0.2, -0.15) is 5.26 Å². The third kappa shape index (κ3) is 4.78. The molecule has 0 aromatic carbocycles. The second kappa shape index (κ2) is 9.30. The van der Waals surface area contributed by atoms with Gasteiger partial charge in [0.05, 0.1) is 17.5 Å². The zero-order valence-electron chi connectivity index (χ0n) is 19.6. The first-order valence-electron chi connectivity index (χ1n) is 11.9. The predicted molar refractivity (Wildman–Crippen MR) is 132 cm³/mol. The molecule has 0 saturated heterocycles. The molecule has 0 bridgehead atoms. The Kier molecular flexibility index (Phi) is 6.04. The summed E-state index contributed by atoms with van der Waals surface area (Å²) < 4.78 is 0. The number of allylic oxidation sites excluding steroid dienone is 1. The summed E-state index contributed by atoms with van der Waals surface area (Å²) in [7, 11) is 0. The van der Waals surface area contributed by atoms with Crippen molar-refractivity contribution in [3.8, 4) is 6.07 Å². The van der Waals surface area contributed by atoms with Crippen LogP contribution in [0.25, 0.3) is 11.6 Å². The van der Waals surface area contributed by atoms with E-state index < -0.39 is 5.54 Å². The van der Waals surface area contributed by atoms with Gasteiger partial charge in [-0.25, -0.2) is 4.79 Å². The number of anilines is 1. The molecule has 2 N–H and O–H groups in total. The van der Waals surface area contributed by atoms with Gasteiger partial charge in [0, 0.05) is 32.0 Å². The molecule has 1 saturated carbocycles. The van der Waals surface area contributed by atoms with E-state index in [1.165, 1.54) is 5.57 Å². The Morgan fingerprint density at radius 3 is 2.77 bits per heavy atom. The van der Waals surface area contributed by atoms with Crippen LogP contribution >= 0.6 is 0 Å². The second-order valence-corrected chi connectivity index (χ2v) is 9.20. The standard InChI is InChI=1S/C27H26N6O2/c1-2-19-12-23-24(31-25(19)16-34)11-18(13-29-23)15-33-9-5-20(6-10-33)21-3-4-22(30-14-21)26(35)32-27(17-28)7-8-27/h3-5,11-14,31H,2,6-10,15H2,1H3,(H,32,35). The zero-order chi connectivity index (χ0) is 24.4. The van der Waals surface area contributed by atoms with Crippen molar-refractivity contribution in [3.05, 3.63) is 70.5 Å². The molecule has 0 radical (unpaired) electrons. The molecule has 8 nitrogen and oxygen atoms in total. The van der Waals surface area contributed by atoms with Gasteiger partial charge in [0.1, 0.15) is 16.9 Å². The SMILES string of the molecule is CCC1=Cc2ncc(CN3CC=C(c4ccc(C(=O)NC5(C#N)CC5)nc4)CC3)cc2NC1=C=O. The summed E-state index contributed by atoms with van der Waals surface area (Å²) in [6.07, 6.45) is 10.8. The minimum atomic E-state index is -0.695. The molecule has 1 aliphatic carbocycles. The van der Waals surface area contributed by atoms with E-state index in [1.807, 2.05) is 37.3 Å². The van der Waals surface area contributed by atoms with Crippen LogP contribution in [0.4, 0.5) is 5.69 Å². The van der Waals surface area contributed by atoms with E-state index in [4.69, 9.17) is 5.26 Å². The van der Waals surface area contributed by atoms with Crippen LogP contribution in [0.2, 0.25) is 0 Å². The van der Waals surface area contributed by atoms with Crippen LogP contribution in [0.5, 0.6) is 0 Å². The average molecular weight is 467 g/mol. The molecule has 0 unspecified atom stereocenters. The van der Waals surface area contributed by atoms with Crippen molar-refractivity contribution in [1.82, 2.24) is 20.2 Å². The van der Waals surface area contributed by atoms with Crippen LogP contribution in [0, 0.1) is 11.3 Å². The molecule has 2 aromatic rings. The molecule has 5 rings (SSSR count). The molecule has 3 aliphatic rings. The number of hydrogen-bond donors (Lipinski definition) is 2. The van der Waals surface area contributed by atoms with Crippen molar-refractivity contribution in [2.45, 2.75) is 44.7 Å². The Morgan fingerprint density at radius 1 is 1.29 bits per heavy atom. The number of rotatable bonds is 6. The van der Waals surface area contributed by atoms with E-state index in [-0.39, 0.29) is 5.91 Å². The van der Waals surface area contributed by atoms with Crippen LogP contribution in [-0.2, 0) is 11.3 Å². The minimum absolute atomic E-state index is 0.301. The van der Waals surface area contributed by atoms with Gasteiger partial charge in [0.2, 0.25) is 0 Å². The minimum Gasteiger partial charge on any atom is -0.344 e. The molecular weight excluding hydrogens is 440 g/mol. The maximum Gasteiger partial charge on any atom is 0.271 e. The van der Waals surface area contributed by atoms with Crippen LogP contribution in [0.3, 0.4) is 0 Å². The Labute approximate surface area is 204 Å². The number of nitrogens with one attached hydrogen (secondary N) is 2. The zero-order valence-corrected chi connectivity index (χ0v) is 19.6. The van der Waals surface area contributed by atoms with Gasteiger partial charge in [0.15, 0.2) is 5.94 Å². The maximum atomic E-state index is 12.3. The van der Waals surface area contributed by atoms with Gasteiger partial charge in [-0.05, 0) is 66.2 Å². The maximum absolute atomic E-state index is 12.3. The number of carbonyl (C=O) groups is 1.